The number of amides is 2. The minimum absolute atomic E-state index is 0.00759. The van der Waals surface area contributed by atoms with E-state index in [9.17, 15) is 9.59 Å². The van der Waals surface area contributed by atoms with Crippen molar-refractivity contribution in [3.63, 3.8) is 0 Å². The summed E-state index contributed by atoms with van der Waals surface area (Å²) in [5, 5.41) is 2.93. The van der Waals surface area contributed by atoms with Crippen molar-refractivity contribution in [3.8, 4) is 0 Å². The molecule has 6 heteroatoms. The summed E-state index contributed by atoms with van der Waals surface area (Å²) in [7, 11) is 0. The second kappa shape index (κ2) is 7.00. The standard InChI is InChI=1S/C17H17BrN2O3/c18-13-3-1-4-14(11-13)19-16(21)12-6-8-20(9-7-12)17(22)15-5-2-10-23-15/h1-5,10-12H,6-9H2,(H,19,21). The maximum absolute atomic E-state index is 12.3. The largest absolute Gasteiger partial charge is 0.459 e. The van der Waals surface area contributed by atoms with Crippen LogP contribution in [0.1, 0.15) is 23.4 Å². The molecular weight excluding hydrogens is 360 g/mol. The van der Waals surface area contributed by atoms with Gasteiger partial charge in [0.15, 0.2) is 5.76 Å². The van der Waals surface area contributed by atoms with Crippen molar-refractivity contribution in [3.05, 3.63) is 52.9 Å². The summed E-state index contributed by atoms with van der Waals surface area (Å²) >= 11 is 3.39. The lowest BCUT2D eigenvalue weighted by Crippen LogP contribution is -2.41. The first kappa shape index (κ1) is 15.8. The highest BCUT2D eigenvalue weighted by atomic mass is 79.9. The third-order valence-electron chi connectivity index (χ3n) is 3.98. The van der Waals surface area contributed by atoms with Gasteiger partial charge in [-0.3, -0.25) is 9.59 Å². The Balaban J connectivity index is 1.54. The van der Waals surface area contributed by atoms with Gasteiger partial charge in [-0.2, -0.15) is 0 Å². The number of hydrogen-bond acceptors (Lipinski definition) is 3. The van der Waals surface area contributed by atoms with E-state index in [2.05, 4.69) is 21.2 Å². The molecular formula is C17H17BrN2O3. The molecule has 1 aliphatic rings. The normalized spacial score (nSPS) is 15.4. The van der Waals surface area contributed by atoms with Crippen LogP contribution in [0.2, 0.25) is 0 Å². The molecule has 0 spiro atoms. The number of piperidine rings is 1. The Labute approximate surface area is 142 Å². The molecule has 5 nitrogen and oxygen atoms in total. The monoisotopic (exact) mass is 376 g/mol. The van der Waals surface area contributed by atoms with Gasteiger partial charge in [0, 0.05) is 29.2 Å². The number of hydrogen-bond donors (Lipinski definition) is 1. The molecule has 0 radical (unpaired) electrons. The molecule has 1 aliphatic heterocycles. The van der Waals surface area contributed by atoms with Gasteiger partial charge >= 0.3 is 0 Å². The predicted octanol–water partition coefficient (Wildman–Crippen LogP) is 3.53. The van der Waals surface area contributed by atoms with Crippen molar-refractivity contribution in [2.75, 3.05) is 18.4 Å². The minimum atomic E-state index is -0.110. The maximum Gasteiger partial charge on any atom is 0.289 e. The topological polar surface area (TPSA) is 62.6 Å². The summed E-state index contributed by atoms with van der Waals surface area (Å²) in [4.78, 5) is 26.3. The van der Waals surface area contributed by atoms with Gasteiger partial charge in [-0.25, -0.2) is 0 Å². The van der Waals surface area contributed by atoms with Crippen LogP contribution < -0.4 is 5.32 Å². The molecule has 120 valence electrons. The van der Waals surface area contributed by atoms with Crippen molar-refractivity contribution in [1.82, 2.24) is 4.90 Å². The summed E-state index contributed by atoms with van der Waals surface area (Å²) < 4.78 is 6.06. The number of benzene rings is 1. The smallest absolute Gasteiger partial charge is 0.289 e. The number of carbonyl (C=O) groups excluding carboxylic acids is 2. The lowest BCUT2D eigenvalue weighted by atomic mass is 9.95. The Morgan fingerprint density at radius 3 is 2.61 bits per heavy atom. The van der Waals surface area contributed by atoms with Crippen molar-refractivity contribution in [2.24, 2.45) is 5.92 Å². The van der Waals surface area contributed by atoms with Crippen LogP contribution in [0.25, 0.3) is 0 Å². The fraction of sp³-hybridized carbons (Fsp3) is 0.294. The van der Waals surface area contributed by atoms with E-state index in [-0.39, 0.29) is 17.7 Å². The van der Waals surface area contributed by atoms with Gasteiger partial charge in [-0.15, -0.1) is 0 Å². The molecule has 1 aromatic carbocycles. The zero-order valence-electron chi connectivity index (χ0n) is 12.5. The molecule has 0 bridgehead atoms. The second-order valence-corrected chi connectivity index (χ2v) is 6.46. The van der Waals surface area contributed by atoms with Crippen LogP contribution in [0.15, 0.2) is 51.6 Å². The number of furan rings is 1. The van der Waals surface area contributed by atoms with E-state index in [1.165, 1.54) is 6.26 Å². The highest BCUT2D eigenvalue weighted by Crippen LogP contribution is 2.22. The summed E-state index contributed by atoms with van der Waals surface area (Å²) in [6.07, 6.45) is 2.81. The Hall–Kier alpha value is -2.08. The zero-order chi connectivity index (χ0) is 16.2. The fourth-order valence-corrected chi connectivity index (χ4v) is 3.11. The van der Waals surface area contributed by atoms with E-state index in [1.807, 2.05) is 24.3 Å². The molecule has 1 aromatic heterocycles. The molecule has 0 aliphatic carbocycles. The summed E-state index contributed by atoms with van der Waals surface area (Å²) in [5.74, 6) is 0.172. The van der Waals surface area contributed by atoms with Crippen LogP contribution in [-0.2, 0) is 4.79 Å². The SMILES string of the molecule is O=C(Nc1cccc(Br)c1)C1CCN(C(=O)c2ccco2)CC1. The average molecular weight is 377 g/mol. The number of carbonyl (C=O) groups is 2. The van der Waals surface area contributed by atoms with Crippen molar-refractivity contribution in [1.29, 1.82) is 0 Å². The van der Waals surface area contributed by atoms with Gasteiger partial charge in [-0.1, -0.05) is 22.0 Å². The number of halogens is 1. The first-order valence-corrected chi connectivity index (χ1v) is 8.32. The van der Waals surface area contributed by atoms with Crippen LogP contribution >= 0.6 is 15.9 Å². The molecule has 3 rings (SSSR count). The van der Waals surface area contributed by atoms with Crippen molar-refractivity contribution in [2.45, 2.75) is 12.8 Å². The van der Waals surface area contributed by atoms with E-state index in [0.29, 0.717) is 31.7 Å². The summed E-state index contributed by atoms with van der Waals surface area (Å²) in [6.45, 7) is 1.13. The average Bonchev–Trinajstić information content (AvgIpc) is 3.09. The molecule has 1 N–H and O–H groups in total. The molecule has 0 unspecified atom stereocenters. The number of anilines is 1. The van der Waals surface area contributed by atoms with Crippen LogP contribution in [0.4, 0.5) is 5.69 Å². The third-order valence-corrected chi connectivity index (χ3v) is 4.47. The number of nitrogens with zero attached hydrogens (tertiary/aromatic N) is 1. The molecule has 2 heterocycles. The highest BCUT2D eigenvalue weighted by molar-refractivity contribution is 9.10. The van der Waals surface area contributed by atoms with E-state index >= 15 is 0 Å². The van der Waals surface area contributed by atoms with E-state index < -0.39 is 0 Å². The number of likely N-dealkylation sites (tertiary alicyclic amines) is 1. The van der Waals surface area contributed by atoms with E-state index in [1.54, 1.807) is 17.0 Å². The minimum Gasteiger partial charge on any atom is -0.459 e. The molecule has 0 saturated carbocycles. The number of rotatable bonds is 3. The first-order chi connectivity index (χ1) is 11.1. The van der Waals surface area contributed by atoms with E-state index in [0.717, 1.165) is 10.2 Å². The van der Waals surface area contributed by atoms with E-state index in [4.69, 9.17) is 4.42 Å². The molecule has 0 atom stereocenters. The van der Waals surface area contributed by atoms with Crippen LogP contribution in [0, 0.1) is 5.92 Å². The molecule has 2 aromatic rings. The fourth-order valence-electron chi connectivity index (χ4n) is 2.71. The van der Waals surface area contributed by atoms with Crippen LogP contribution in [0.3, 0.4) is 0 Å². The third kappa shape index (κ3) is 3.82. The van der Waals surface area contributed by atoms with Gasteiger partial charge in [0.2, 0.25) is 5.91 Å². The molecule has 1 saturated heterocycles. The quantitative estimate of drug-likeness (QED) is 0.890. The predicted molar refractivity (Wildman–Crippen MR) is 90.1 cm³/mol. The molecule has 2 amide bonds. The van der Waals surface area contributed by atoms with Crippen LogP contribution in [-0.4, -0.2) is 29.8 Å². The molecule has 1 fully saturated rings. The van der Waals surface area contributed by atoms with Gasteiger partial charge in [0.05, 0.1) is 6.26 Å². The van der Waals surface area contributed by atoms with Gasteiger partial charge in [0.1, 0.15) is 0 Å². The molecule has 23 heavy (non-hydrogen) atoms. The Bertz CT molecular complexity index is 692. The maximum atomic E-state index is 12.3. The number of nitrogens with one attached hydrogen (secondary N) is 1. The first-order valence-electron chi connectivity index (χ1n) is 7.52. The second-order valence-electron chi connectivity index (χ2n) is 5.54. The zero-order valence-corrected chi connectivity index (χ0v) is 14.1. The summed E-state index contributed by atoms with van der Waals surface area (Å²) in [5.41, 5.74) is 0.776. The van der Waals surface area contributed by atoms with Gasteiger partial charge < -0.3 is 14.6 Å². The van der Waals surface area contributed by atoms with Gasteiger partial charge in [-0.05, 0) is 43.2 Å². The highest BCUT2D eigenvalue weighted by Gasteiger charge is 2.28. The Morgan fingerprint density at radius 2 is 1.96 bits per heavy atom. The lowest BCUT2D eigenvalue weighted by Gasteiger charge is -2.30. The Morgan fingerprint density at radius 1 is 1.17 bits per heavy atom. The van der Waals surface area contributed by atoms with Crippen molar-refractivity contribution < 1.29 is 14.0 Å². The van der Waals surface area contributed by atoms with Gasteiger partial charge in [0.25, 0.3) is 5.91 Å². The van der Waals surface area contributed by atoms with Crippen molar-refractivity contribution >= 4 is 33.4 Å². The lowest BCUT2D eigenvalue weighted by molar-refractivity contribution is -0.121. The van der Waals surface area contributed by atoms with Crippen LogP contribution in [0.5, 0.6) is 0 Å². The summed E-state index contributed by atoms with van der Waals surface area (Å²) in [6, 6.07) is 10.9. The Kier molecular flexibility index (Phi) is 4.81.